The van der Waals surface area contributed by atoms with Crippen LogP contribution in [0.15, 0.2) is 328 Å². The SMILES string of the molecule is CC(C)(C)c1ccc(N2c3ccc(-c4ccccc4)cc3B3c4cc(-c5ccccc5)ccc4N(c4ccc(C(C)(C)C)cc4-c4ccc5c(c4)C4(c6ccccc6-c6ccccc64)c4ccccc4-5)c4cc(C(C)(C)C)cc2c43)c(-c2ccc3c(c2)C2(c4ccccc4-c4ccccc42)c2ccccc2-3)c1. The highest BCUT2D eigenvalue weighted by Crippen LogP contribution is 2.66. The number of fused-ring (bicyclic) bond motifs is 24. The third-order valence-electron chi connectivity index (χ3n) is 25.0. The molecule has 6 aliphatic rings. The summed E-state index contributed by atoms with van der Waals surface area (Å²) in [5.41, 5.74) is 43.7. The summed E-state index contributed by atoms with van der Waals surface area (Å²) in [7, 11) is 0. The smallest absolute Gasteiger partial charge is 0.252 e. The standard InChI is InChI=1S/C104H81BN2/c1-100(2,3)70-48-54-93(81(60-70)68-44-50-79-77-36-20-26-42-87(77)103(89(79)56-68)83-38-22-16-32-73(83)74-33-17-23-39-84(74)103)106-95-52-46-66(64-28-12-10-13-29-64)58-91(95)105-92-59-67(65-30-14-11-15-31-65)47-53-96(92)107(98-63-72(102(7,8)9)62-97(106)99(98)105)94-55-49-71(101(4,5)6)61-82(94)69-45-51-80-78-37-21-27-43-88(78)104(90(80)57-69)85-40-24-18-34-75(85)76-35-19-25-41-86(76)104/h10-63H,1-9H3. The number of benzene rings is 15. The minimum atomic E-state index is -0.519. The van der Waals surface area contributed by atoms with Crippen LogP contribution in [0.3, 0.4) is 0 Å². The number of hydrogen-bond donors (Lipinski definition) is 0. The number of nitrogens with zero attached hydrogens (tertiary/aromatic N) is 2. The first-order chi connectivity index (χ1) is 52.0. The van der Waals surface area contributed by atoms with Crippen molar-refractivity contribution >= 4 is 57.2 Å². The lowest BCUT2D eigenvalue weighted by Crippen LogP contribution is -2.61. The second kappa shape index (κ2) is 22.7. The second-order valence-corrected chi connectivity index (χ2v) is 33.8. The van der Waals surface area contributed by atoms with Gasteiger partial charge in [-0.05, 0) is 232 Å². The highest BCUT2D eigenvalue weighted by Gasteiger charge is 2.54. The van der Waals surface area contributed by atoms with Crippen LogP contribution in [0.25, 0.3) is 89.0 Å². The largest absolute Gasteiger partial charge is 0.311 e. The zero-order chi connectivity index (χ0) is 72.2. The molecule has 0 atom stereocenters. The van der Waals surface area contributed by atoms with Gasteiger partial charge in [0, 0.05) is 33.9 Å². The Morgan fingerprint density at radius 1 is 0.206 bits per heavy atom. The van der Waals surface area contributed by atoms with Crippen LogP contribution in [-0.2, 0) is 27.1 Å². The molecule has 15 aromatic carbocycles. The fourth-order valence-corrected chi connectivity index (χ4v) is 20.0. The lowest BCUT2D eigenvalue weighted by atomic mass is 9.33. The zero-order valence-electron chi connectivity index (χ0n) is 62.1. The molecule has 0 aromatic heterocycles. The molecule has 0 saturated heterocycles. The van der Waals surface area contributed by atoms with Crippen molar-refractivity contribution in [3.05, 3.63) is 389 Å². The van der Waals surface area contributed by atoms with Crippen LogP contribution in [0, 0.1) is 0 Å². The van der Waals surface area contributed by atoms with E-state index >= 15 is 0 Å². The summed E-state index contributed by atoms with van der Waals surface area (Å²) >= 11 is 0. The second-order valence-electron chi connectivity index (χ2n) is 33.8. The Labute approximate surface area is 630 Å². The molecular weight excluding hydrogens is 1290 g/mol. The van der Waals surface area contributed by atoms with Gasteiger partial charge in [0.05, 0.1) is 22.2 Å². The first-order valence-electron chi connectivity index (χ1n) is 38.3. The van der Waals surface area contributed by atoms with E-state index in [1.54, 1.807) is 0 Å². The van der Waals surface area contributed by atoms with E-state index in [0.29, 0.717) is 0 Å². The summed E-state index contributed by atoms with van der Waals surface area (Å²) in [4.78, 5) is 5.41. The molecule has 0 saturated carbocycles. The van der Waals surface area contributed by atoms with Crippen LogP contribution in [0.1, 0.15) is 124 Å². The minimum absolute atomic E-state index is 0.165. The average molecular weight is 1370 g/mol. The van der Waals surface area contributed by atoms with Crippen molar-refractivity contribution in [3.63, 3.8) is 0 Å². The van der Waals surface area contributed by atoms with E-state index in [4.69, 9.17) is 0 Å². The predicted molar refractivity (Wildman–Crippen MR) is 451 cm³/mol. The quantitative estimate of drug-likeness (QED) is 0.153. The van der Waals surface area contributed by atoms with Crippen LogP contribution in [0.4, 0.5) is 34.1 Å². The lowest BCUT2D eigenvalue weighted by Gasteiger charge is -2.46. The molecule has 2 spiro atoms. The van der Waals surface area contributed by atoms with E-state index in [1.165, 1.54) is 189 Å². The maximum absolute atomic E-state index is 2.71. The molecule has 4 aliphatic carbocycles. The molecule has 0 unspecified atom stereocenters. The van der Waals surface area contributed by atoms with Crippen molar-refractivity contribution in [2.75, 3.05) is 9.80 Å². The summed E-state index contributed by atoms with van der Waals surface area (Å²) < 4.78 is 0. The molecule has 2 aliphatic heterocycles. The van der Waals surface area contributed by atoms with Gasteiger partial charge in [0.2, 0.25) is 0 Å². The predicted octanol–water partition coefficient (Wildman–Crippen LogP) is 25.0. The number of hydrogen-bond acceptors (Lipinski definition) is 2. The third-order valence-corrected chi connectivity index (χ3v) is 25.0. The first kappa shape index (κ1) is 63.4. The van der Waals surface area contributed by atoms with E-state index in [1.807, 2.05) is 0 Å². The van der Waals surface area contributed by atoms with Gasteiger partial charge in [-0.1, -0.05) is 329 Å². The first-order valence-corrected chi connectivity index (χ1v) is 38.3. The van der Waals surface area contributed by atoms with Gasteiger partial charge in [-0.25, -0.2) is 0 Å². The molecule has 2 heterocycles. The van der Waals surface area contributed by atoms with Crippen molar-refractivity contribution in [1.82, 2.24) is 0 Å². The maximum atomic E-state index is 2.71. The molecule has 3 heteroatoms. The van der Waals surface area contributed by atoms with E-state index in [2.05, 4.69) is 400 Å². The van der Waals surface area contributed by atoms with Gasteiger partial charge in [-0.15, -0.1) is 0 Å². The highest BCUT2D eigenvalue weighted by atomic mass is 15.2. The van der Waals surface area contributed by atoms with Crippen LogP contribution in [0.5, 0.6) is 0 Å². The van der Waals surface area contributed by atoms with Gasteiger partial charge >= 0.3 is 0 Å². The fraction of sp³-hybridized carbons (Fsp3) is 0.135. The van der Waals surface area contributed by atoms with Crippen molar-refractivity contribution in [3.8, 4) is 89.0 Å². The molecule has 0 bridgehead atoms. The van der Waals surface area contributed by atoms with Crippen molar-refractivity contribution < 1.29 is 0 Å². The lowest BCUT2D eigenvalue weighted by molar-refractivity contribution is 0.590. The Kier molecular flexibility index (Phi) is 13.5. The topological polar surface area (TPSA) is 6.48 Å². The van der Waals surface area contributed by atoms with Gasteiger partial charge in [-0.2, -0.15) is 0 Å². The molecule has 0 radical (unpaired) electrons. The summed E-state index contributed by atoms with van der Waals surface area (Å²) in [6, 6.07) is 127. The van der Waals surface area contributed by atoms with Gasteiger partial charge in [0.15, 0.2) is 0 Å². The monoisotopic (exact) mass is 1370 g/mol. The molecule has 2 nitrogen and oxygen atoms in total. The van der Waals surface area contributed by atoms with Crippen LogP contribution in [0.2, 0.25) is 0 Å². The Morgan fingerprint density at radius 3 is 0.822 bits per heavy atom. The Bertz CT molecular complexity index is 5790. The van der Waals surface area contributed by atoms with Crippen molar-refractivity contribution in [2.24, 2.45) is 0 Å². The Morgan fingerprint density at radius 2 is 0.495 bits per heavy atom. The Balaban J connectivity index is 0.852. The highest BCUT2D eigenvalue weighted by molar-refractivity contribution is 7.00. The zero-order valence-corrected chi connectivity index (χ0v) is 62.1. The summed E-state index contributed by atoms with van der Waals surface area (Å²) in [5.74, 6) is 0. The maximum Gasteiger partial charge on any atom is 0.252 e. The molecule has 0 N–H and O–H groups in total. The van der Waals surface area contributed by atoms with Crippen molar-refractivity contribution in [2.45, 2.75) is 89.4 Å². The molecule has 15 aromatic rings. The number of rotatable bonds is 6. The molecular formula is C104H81BN2. The van der Waals surface area contributed by atoms with E-state index in [-0.39, 0.29) is 23.0 Å². The van der Waals surface area contributed by atoms with E-state index in [0.717, 1.165) is 11.4 Å². The molecule has 510 valence electrons. The summed E-state index contributed by atoms with van der Waals surface area (Å²) in [6.07, 6.45) is 0. The van der Waals surface area contributed by atoms with Gasteiger partial charge < -0.3 is 9.80 Å². The Hall–Kier alpha value is -12.0. The van der Waals surface area contributed by atoms with Crippen LogP contribution >= 0.6 is 0 Å². The van der Waals surface area contributed by atoms with E-state index < -0.39 is 10.8 Å². The third kappa shape index (κ3) is 8.95. The van der Waals surface area contributed by atoms with Gasteiger partial charge in [-0.3, -0.25) is 0 Å². The molecule has 21 rings (SSSR count). The summed E-state index contributed by atoms with van der Waals surface area (Å²) in [5, 5.41) is 0. The molecule has 0 amide bonds. The molecule has 0 fully saturated rings. The van der Waals surface area contributed by atoms with Crippen LogP contribution < -0.4 is 26.2 Å². The average Bonchev–Trinajstić information content (AvgIpc) is 1.59. The minimum Gasteiger partial charge on any atom is -0.311 e. The summed E-state index contributed by atoms with van der Waals surface area (Å²) in [6.45, 7) is 21.2. The van der Waals surface area contributed by atoms with Gasteiger partial charge in [0.25, 0.3) is 6.71 Å². The molecule has 107 heavy (non-hydrogen) atoms. The van der Waals surface area contributed by atoms with Crippen LogP contribution in [-0.4, -0.2) is 6.71 Å². The van der Waals surface area contributed by atoms with Crippen molar-refractivity contribution in [1.29, 1.82) is 0 Å². The van der Waals surface area contributed by atoms with E-state index in [9.17, 15) is 0 Å². The van der Waals surface area contributed by atoms with Gasteiger partial charge in [0.1, 0.15) is 0 Å². The number of anilines is 6. The fourth-order valence-electron chi connectivity index (χ4n) is 20.0. The normalized spacial score (nSPS) is 14.5.